The van der Waals surface area contributed by atoms with Crippen LogP contribution in [-0.4, -0.2) is 283 Å². The van der Waals surface area contributed by atoms with E-state index in [4.69, 9.17) is 110 Å². The summed E-state index contributed by atoms with van der Waals surface area (Å²) >= 11 is 0. The molecule has 6 aliphatic heterocycles. The predicted molar refractivity (Wildman–Crippen MR) is 533 cm³/mol. The van der Waals surface area contributed by atoms with Crippen LogP contribution in [0.2, 0.25) is 0 Å². The van der Waals surface area contributed by atoms with Crippen LogP contribution in [0.15, 0.2) is 315 Å². The molecule has 147 heavy (non-hydrogen) atoms. The Morgan fingerprint density at radius 3 is 0.769 bits per heavy atom. The van der Waals surface area contributed by atoms with Gasteiger partial charge >= 0.3 is 0 Å². The molecule has 0 radical (unpaired) electrons. The maximum absolute atomic E-state index is 14.1. The Bertz CT molecular complexity index is 5550. The van der Waals surface area contributed by atoms with E-state index in [-0.39, 0.29) is 92.5 Å². The standard InChI is InChI=1S/C115H135NO31/c116-55-31-10-32-56-129-110-95(123)104(98(130-64-77-39-17-4-18-40-77)89(140-110)71-126-61-74-33-11-1-12-34-74)145-114-108(135-68-81-47-25-8-26-48-81)102(93(121)87(59-118)138-114)143-112-97(125)106(100(132-66-79-43-21-6-22-44-79)91(142-112)73-128-63-76-37-15-3-16-38-76)147-115-109(136-69-82-49-27-9-28-50-82)103(94(122)88(60-119)139-115)144-111-96(124)105(99(131-65-78-41-19-5-20-42-78)90(141-111)72-127-62-75-35-13-2-14-36-75)146-113-107(134-67-80-45-23-7-24-46-80)101(92(120)86(58-117)137-113)133-70-83-53-54-84-51-29-30-52-85(84)57-83/h1-9,11-30,33-54,57,86-115,117-125H,10,31-32,55-56,58-73,116H2. The molecule has 11 aromatic carbocycles. The maximum atomic E-state index is 14.1. The lowest BCUT2D eigenvalue weighted by atomic mass is 9.94. The highest BCUT2D eigenvalue weighted by Crippen LogP contribution is 2.43. The van der Waals surface area contributed by atoms with E-state index in [1.165, 1.54) is 0 Å². The minimum atomic E-state index is -2.08. The van der Waals surface area contributed by atoms with Crippen molar-refractivity contribution in [2.24, 2.45) is 5.73 Å². The third-order valence-corrected chi connectivity index (χ3v) is 27.0. The predicted octanol–water partition coefficient (Wildman–Crippen LogP) is 10.5. The van der Waals surface area contributed by atoms with Crippen LogP contribution in [0.3, 0.4) is 0 Å². The second-order valence-electron chi connectivity index (χ2n) is 37.5. The van der Waals surface area contributed by atoms with Crippen molar-refractivity contribution in [2.45, 2.75) is 270 Å². The fourth-order valence-electron chi connectivity index (χ4n) is 19.1. The normalized spacial score (nSPS) is 30.5. The molecular weight excluding hydrogens is 1890 g/mol. The van der Waals surface area contributed by atoms with Crippen LogP contribution >= 0.6 is 0 Å². The summed E-state index contributed by atoms with van der Waals surface area (Å²) in [7, 11) is 0. The van der Waals surface area contributed by atoms with E-state index >= 15 is 0 Å². The first kappa shape index (κ1) is 109. The second kappa shape index (κ2) is 56.0. The number of ether oxygens (including phenoxy) is 22. The van der Waals surface area contributed by atoms with E-state index in [9.17, 15) is 46.0 Å². The Morgan fingerprint density at radius 1 is 0.204 bits per heavy atom. The van der Waals surface area contributed by atoms with Gasteiger partial charge in [-0.25, -0.2) is 0 Å². The van der Waals surface area contributed by atoms with Gasteiger partial charge in [0.05, 0.1) is 106 Å². The summed E-state index contributed by atoms with van der Waals surface area (Å²) in [6.45, 7) is -3.22. The molecule has 11 N–H and O–H groups in total. The van der Waals surface area contributed by atoms with Crippen molar-refractivity contribution < 1.29 is 150 Å². The first-order valence-corrected chi connectivity index (χ1v) is 50.5. The Hall–Kier alpha value is -9.60. The number of aliphatic hydroxyl groups is 9. The lowest BCUT2D eigenvalue weighted by Crippen LogP contribution is -2.69. The molecule has 0 amide bonds. The molecule has 17 rings (SSSR count). The maximum Gasteiger partial charge on any atom is 0.187 e. The molecule has 6 aliphatic rings. The average Bonchev–Trinajstić information content (AvgIpc) is 0.759. The van der Waals surface area contributed by atoms with Gasteiger partial charge in [-0.05, 0) is 98.3 Å². The summed E-state index contributed by atoms with van der Waals surface area (Å²) in [4.78, 5) is 0. The SMILES string of the molecule is NCCCCCOC1OC(COCc2ccccc2)C(OCc2ccccc2)C(OC2OC(CO)C(O)C(OC3OC(COCc4ccccc4)C(OCc4ccccc4)C(OC4OC(CO)C(O)C(OC5OC(COCc6ccccc6)C(OCc6ccccc6)C(OC6OC(CO)C(O)C(OCc7ccc8ccccc8c7)C6OCc6ccccc6)C5O)C4OCc4ccccc4)C3O)C2OCc2ccccc2)C1O. The third-order valence-electron chi connectivity index (χ3n) is 27.0. The number of hydrogen-bond donors (Lipinski definition) is 10. The minimum Gasteiger partial charge on any atom is -0.394 e. The number of fused-ring (bicyclic) bond motifs is 1. The molecule has 30 unspecified atom stereocenters. The van der Waals surface area contributed by atoms with Crippen molar-refractivity contribution in [1.29, 1.82) is 0 Å². The molecule has 32 nitrogen and oxygen atoms in total. The molecular formula is C115H135NO31. The summed E-state index contributed by atoms with van der Waals surface area (Å²) in [5.74, 6) is 0. The van der Waals surface area contributed by atoms with Crippen molar-refractivity contribution in [3.8, 4) is 0 Å². The second-order valence-corrected chi connectivity index (χ2v) is 37.5. The summed E-state index contributed by atoms with van der Waals surface area (Å²) in [6, 6.07) is 97.3. The van der Waals surface area contributed by atoms with E-state index in [2.05, 4.69) is 0 Å². The van der Waals surface area contributed by atoms with Gasteiger partial charge in [0.1, 0.15) is 146 Å². The van der Waals surface area contributed by atoms with Crippen molar-refractivity contribution in [1.82, 2.24) is 0 Å². The summed E-state index contributed by atoms with van der Waals surface area (Å²) < 4.78 is 153. The Balaban J connectivity index is 0.742. The number of aliphatic hydroxyl groups excluding tert-OH is 9. The fourth-order valence-corrected chi connectivity index (χ4v) is 19.1. The average molecular weight is 2030 g/mol. The first-order valence-electron chi connectivity index (χ1n) is 50.5. The topological polar surface area (TPSA) is 411 Å². The molecule has 11 aromatic rings. The zero-order chi connectivity index (χ0) is 101. The Morgan fingerprint density at radius 2 is 0.449 bits per heavy atom. The van der Waals surface area contributed by atoms with E-state index < -0.39 is 204 Å². The van der Waals surface area contributed by atoms with Crippen molar-refractivity contribution in [3.63, 3.8) is 0 Å². The molecule has 6 fully saturated rings. The number of hydrogen-bond acceptors (Lipinski definition) is 32. The molecule has 32 heteroatoms. The molecule has 786 valence electrons. The third kappa shape index (κ3) is 29.6. The summed E-state index contributed by atoms with van der Waals surface area (Å²) in [6.07, 6.45) is -46.2. The van der Waals surface area contributed by atoms with Gasteiger partial charge in [-0.15, -0.1) is 0 Å². The van der Waals surface area contributed by atoms with E-state index in [1.807, 2.05) is 291 Å². The van der Waals surface area contributed by atoms with Gasteiger partial charge in [-0.3, -0.25) is 0 Å². The van der Waals surface area contributed by atoms with Gasteiger partial charge in [0, 0.05) is 6.61 Å². The molecule has 0 bridgehead atoms. The molecule has 0 saturated carbocycles. The number of rotatable bonds is 52. The summed E-state index contributed by atoms with van der Waals surface area (Å²) in [5.41, 5.74) is 13.3. The van der Waals surface area contributed by atoms with Gasteiger partial charge in [-0.1, -0.05) is 309 Å². The van der Waals surface area contributed by atoms with Crippen LogP contribution < -0.4 is 5.73 Å². The molecule has 30 atom stereocenters. The van der Waals surface area contributed by atoms with Crippen molar-refractivity contribution in [2.75, 3.05) is 52.8 Å². The molecule has 6 heterocycles. The smallest absolute Gasteiger partial charge is 0.187 e. The highest BCUT2D eigenvalue weighted by atomic mass is 16.8. The highest BCUT2D eigenvalue weighted by Gasteiger charge is 2.61. The van der Waals surface area contributed by atoms with Crippen LogP contribution in [0.5, 0.6) is 0 Å². The Labute approximate surface area is 855 Å². The van der Waals surface area contributed by atoms with Gasteiger partial charge in [0.2, 0.25) is 0 Å². The van der Waals surface area contributed by atoms with Gasteiger partial charge in [0.15, 0.2) is 37.7 Å². The van der Waals surface area contributed by atoms with Crippen LogP contribution in [0.1, 0.15) is 74.9 Å². The number of benzene rings is 11. The molecule has 0 aliphatic carbocycles. The number of unbranched alkanes of at least 4 members (excludes halogenated alkanes) is 2. The fraction of sp³-hybridized carbons (Fsp3) is 0.443. The van der Waals surface area contributed by atoms with Crippen molar-refractivity contribution in [3.05, 3.63) is 371 Å². The zero-order valence-corrected chi connectivity index (χ0v) is 81.8. The highest BCUT2D eigenvalue weighted by molar-refractivity contribution is 5.83. The van der Waals surface area contributed by atoms with Crippen LogP contribution in [0, 0.1) is 0 Å². The lowest BCUT2D eigenvalue weighted by molar-refractivity contribution is -0.406. The van der Waals surface area contributed by atoms with Gasteiger partial charge in [-0.2, -0.15) is 0 Å². The molecule has 6 saturated heterocycles. The quantitative estimate of drug-likeness (QED) is 0.0158. The van der Waals surface area contributed by atoms with Crippen molar-refractivity contribution >= 4 is 10.8 Å². The van der Waals surface area contributed by atoms with E-state index in [0.717, 1.165) is 57.0 Å². The van der Waals surface area contributed by atoms with Gasteiger partial charge < -0.3 is 156 Å². The largest absolute Gasteiger partial charge is 0.394 e. The zero-order valence-electron chi connectivity index (χ0n) is 81.8. The van der Waals surface area contributed by atoms with Crippen LogP contribution in [0.4, 0.5) is 0 Å². The first-order chi connectivity index (χ1) is 72.2. The van der Waals surface area contributed by atoms with E-state index in [1.54, 1.807) is 24.3 Å². The van der Waals surface area contributed by atoms with E-state index in [0.29, 0.717) is 35.2 Å². The van der Waals surface area contributed by atoms with Crippen LogP contribution in [0.25, 0.3) is 10.8 Å². The summed E-state index contributed by atoms with van der Waals surface area (Å²) in [5, 5.41) is 117. The lowest BCUT2D eigenvalue weighted by Gasteiger charge is -2.52. The number of nitrogens with two attached hydrogens (primary N) is 1. The minimum absolute atomic E-state index is 0.0127. The van der Waals surface area contributed by atoms with Gasteiger partial charge in [0.25, 0.3) is 0 Å². The molecule has 0 aromatic heterocycles. The van der Waals surface area contributed by atoms with Crippen LogP contribution in [-0.2, 0) is 170 Å². The monoisotopic (exact) mass is 2030 g/mol. The Kier molecular flexibility index (Phi) is 41.4. The molecule has 0 spiro atoms.